The average Bonchev–Trinajstić information content (AvgIpc) is 2.93. The van der Waals surface area contributed by atoms with Gasteiger partial charge in [0.25, 0.3) is 5.91 Å². The Morgan fingerprint density at radius 3 is 2.64 bits per heavy atom. The van der Waals surface area contributed by atoms with Gasteiger partial charge >= 0.3 is 0 Å². The molecule has 1 aromatic heterocycles. The van der Waals surface area contributed by atoms with Crippen LogP contribution in [0.3, 0.4) is 0 Å². The number of ether oxygens (including phenoxy) is 2. The number of nitrogens with one attached hydrogen (secondary N) is 1. The topological polar surface area (TPSA) is 73.3 Å². The molecule has 0 spiro atoms. The molecule has 3 rings (SSSR count). The minimum atomic E-state index is -0.150. The molecule has 114 valence electrons. The van der Waals surface area contributed by atoms with Gasteiger partial charge in [-0.1, -0.05) is 0 Å². The summed E-state index contributed by atoms with van der Waals surface area (Å²) in [7, 11) is 0. The molecule has 2 heterocycles. The maximum Gasteiger partial charge on any atom is 0.251 e. The smallest absolute Gasteiger partial charge is 0.251 e. The fourth-order valence-corrected chi connectivity index (χ4v) is 2.34. The van der Waals surface area contributed by atoms with Gasteiger partial charge in [-0.15, -0.1) is 0 Å². The van der Waals surface area contributed by atoms with Crippen molar-refractivity contribution < 1.29 is 14.3 Å². The number of aromatic nitrogens is 2. The van der Waals surface area contributed by atoms with Crippen LogP contribution in [-0.4, -0.2) is 29.2 Å². The van der Waals surface area contributed by atoms with Crippen molar-refractivity contribution in [3.63, 3.8) is 0 Å². The maximum atomic E-state index is 12.1. The van der Waals surface area contributed by atoms with E-state index in [0.29, 0.717) is 30.0 Å². The summed E-state index contributed by atoms with van der Waals surface area (Å²) >= 11 is 0. The zero-order valence-corrected chi connectivity index (χ0v) is 12.5. The molecule has 1 aliphatic heterocycles. The summed E-state index contributed by atoms with van der Waals surface area (Å²) in [5.41, 5.74) is 2.42. The molecule has 0 saturated heterocycles. The number of rotatable bonds is 4. The van der Waals surface area contributed by atoms with Gasteiger partial charge in [-0.05, 0) is 38.1 Å². The maximum absolute atomic E-state index is 12.1. The highest BCUT2D eigenvalue weighted by Gasteiger charge is 2.16. The largest absolute Gasteiger partial charge is 0.454 e. The van der Waals surface area contributed by atoms with Crippen LogP contribution >= 0.6 is 0 Å². The Morgan fingerprint density at radius 2 is 1.86 bits per heavy atom. The Hall–Kier alpha value is -2.63. The normalized spacial score (nSPS) is 12.3. The first-order valence-corrected chi connectivity index (χ1v) is 7.11. The van der Waals surface area contributed by atoms with Crippen molar-refractivity contribution in [2.45, 2.75) is 20.3 Å². The number of aryl methyl sites for hydroxylation is 2. The van der Waals surface area contributed by atoms with Crippen molar-refractivity contribution in [2.24, 2.45) is 0 Å². The number of hydrogen-bond acceptors (Lipinski definition) is 5. The third-order valence-electron chi connectivity index (χ3n) is 3.30. The van der Waals surface area contributed by atoms with Crippen LogP contribution in [0.4, 0.5) is 0 Å². The second-order valence-corrected chi connectivity index (χ2v) is 5.14. The highest BCUT2D eigenvalue weighted by molar-refractivity contribution is 5.94. The highest BCUT2D eigenvalue weighted by atomic mass is 16.7. The molecule has 1 amide bonds. The SMILES string of the molecule is Cc1cc(C)nc(CCNC(=O)c2ccc3c(c2)OCO3)n1. The number of carbonyl (C=O) groups excluding carboxylic acids is 1. The molecule has 22 heavy (non-hydrogen) atoms. The first-order valence-electron chi connectivity index (χ1n) is 7.11. The third kappa shape index (κ3) is 3.16. The summed E-state index contributed by atoms with van der Waals surface area (Å²) in [6.07, 6.45) is 0.596. The zero-order valence-electron chi connectivity index (χ0n) is 12.5. The molecular weight excluding hydrogens is 282 g/mol. The lowest BCUT2D eigenvalue weighted by molar-refractivity contribution is 0.0953. The van der Waals surface area contributed by atoms with Gasteiger partial charge < -0.3 is 14.8 Å². The molecular formula is C16H17N3O3. The molecule has 0 aliphatic carbocycles. The van der Waals surface area contributed by atoms with Gasteiger partial charge in [0.05, 0.1) is 0 Å². The van der Waals surface area contributed by atoms with Gasteiger partial charge in [0.2, 0.25) is 6.79 Å². The summed E-state index contributed by atoms with van der Waals surface area (Å²) in [4.78, 5) is 20.8. The minimum Gasteiger partial charge on any atom is -0.454 e. The van der Waals surface area contributed by atoms with Crippen LogP contribution in [0.15, 0.2) is 24.3 Å². The predicted octanol–water partition coefficient (Wildman–Crippen LogP) is 1.79. The standard InChI is InChI=1S/C16H17N3O3/c1-10-7-11(2)19-15(18-10)5-6-17-16(20)12-3-4-13-14(8-12)22-9-21-13/h3-4,7-8H,5-6,9H2,1-2H3,(H,17,20). The number of carbonyl (C=O) groups is 1. The van der Waals surface area contributed by atoms with Crippen LogP contribution in [0.2, 0.25) is 0 Å². The quantitative estimate of drug-likeness (QED) is 0.932. The van der Waals surface area contributed by atoms with Gasteiger partial charge in [-0.25, -0.2) is 9.97 Å². The summed E-state index contributed by atoms with van der Waals surface area (Å²) in [5.74, 6) is 1.86. The lowest BCUT2D eigenvalue weighted by Crippen LogP contribution is -2.26. The van der Waals surface area contributed by atoms with Crippen LogP contribution in [-0.2, 0) is 6.42 Å². The van der Waals surface area contributed by atoms with Crippen LogP contribution in [0.25, 0.3) is 0 Å². The first kappa shape index (κ1) is 14.3. The van der Waals surface area contributed by atoms with E-state index in [9.17, 15) is 4.79 Å². The van der Waals surface area contributed by atoms with Crippen molar-refractivity contribution in [1.82, 2.24) is 15.3 Å². The monoisotopic (exact) mass is 299 g/mol. The van der Waals surface area contributed by atoms with Gasteiger partial charge in [-0.3, -0.25) is 4.79 Å². The van der Waals surface area contributed by atoms with Crippen LogP contribution in [0, 0.1) is 13.8 Å². The van der Waals surface area contributed by atoms with Crippen molar-refractivity contribution in [3.8, 4) is 11.5 Å². The molecule has 6 nitrogen and oxygen atoms in total. The lowest BCUT2D eigenvalue weighted by atomic mass is 10.2. The molecule has 0 fully saturated rings. The van der Waals surface area contributed by atoms with Crippen molar-refractivity contribution in [2.75, 3.05) is 13.3 Å². The number of benzene rings is 1. The summed E-state index contributed by atoms with van der Waals surface area (Å²) < 4.78 is 10.5. The second kappa shape index (κ2) is 6.01. The van der Waals surface area contributed by atoms with E-state index >= 15 is 0 Å². The van der Waals surface area contributed by atoms with E-state index in [1.807, 2.05) is 19.9 Å². The summed E-state index contributed by atoms with van der Waals surface area (Å²) in [5, 5.41) is 2.86. The molecule has 1 aromatic carbocycles. The molecule has 0 saturated carbocycles. The van der Waals surface area contributed by atoms with Crippen molar-refractivity contribution in [3.05, 3.63) is 47.0 Å². The van der Waals surface area contributed by atoms with E-state index in [0.717, 1.165) is 17.2 Å². The fourth-order valence-electron chi connectivity index (χ4n) is 2.34. The molecule has 0 bridgehead atoms. The number of fused-ring (bicyclic) bond motifs is 1. The van der Waals surface area contributed by atoms with Gasteiger partial charge in [0.1, 0.15) is 5.82 Å². The molecule has 1 aliphatic rings. The van der Waals surface area contributed by atoms with Crippen molar-refractivity contribution in [1.29, 1.82) is 0 Å². The molecule has 0 radical (unpaired) electrons. The predicted molar refractivity (Wildman–Crippen MR) is 80.1 cm³/mol. The van der Waals surface area contributed by atoms with Crippen LogP contribution in [0.1, 0.15) is 27.6 Å². The lowest BCUT2D eigenvalue weighted by Gasteiger charge is -2.06. The fraction of sp³-hybridized carbons (Fsp3) is 0.312. The summed E-state index contributed by atoms with van der Waals surface area (Å²) in [6, 6.07) is 7.07. The summed E-state index contributed by atoms with van der Waals surface area (Å²) in [6.45, 7) is 4.55. The molecule has 1 N–H and O–H groups in total. The first-order chi connectivity index (χ1) is 10.6. The van der Waals surface area contributed by atoms with E-state index in [1.165, 1.54) is 0 Å². The number of amides is 1. The van der Waals surface area contributed by atoms with Crippen LogP contribution < -0.4 is 14.8 Å². The van der Waals surface area contributed by atoms with E-state index < -0.39 is 0 Å². The second-order valence-electron chi connectivity index (χ2n) is 5.14. The van der Waals surface area contributed by atoms with Gasteiger partial charge in [0, 0.05) is 29.9 Å². The minimum absolute atomic E-state index is 0.150. The van der Waals surface area contributed by atoms with E-state index in [4.69, 9.17) is 9.47 Å². The number of nitrogens with zero attached hydrogens (tertiary/aromatic N) is 2. The van der Waals surface area contributed by atoms with E-state index in [2.05, 4.69) is 15.3 Å². The van der Waals surface area contributed by atoms with Gasteiger partial charge in [0.15, 0.2) is 11.5 Å². The Kier molecular flexibility index (Phi) is 3.91. The molecule has 0 atom stereocenters. The zero-order chi connectivity index (χ0) is 15.5. The Labute approximate surface area is 128 Å². The average molecular weight is 299 g/mol. The van der Waals surface area contributed by atoms with E-state index in [1.54, 1.807) is 18.2 Å². The van der Waals surface area contributed by atoms with Crippen LogP contribution in [0.5, 0.6) is 11.5 Å². The number of hydrogen-bond donors (Lipinski definition) is 1. The Balaban J connectivity index is 1.58. The van der Waals surface area contributed by atoms with E-state index in [-0.39, 0.29) is 12.7 Å². The highest BCUT2D eigenvalue weighted by Crippen LogP contribution is 2.32. The van der Waals surface area contributed by atoms with Crippen molar-refractivity contribution >= 4 is 5.91 Å². The molecule has 2 aromatic rings. The molecule has 0 unspecified atom stereocenters. The molecule has 6 heteroatoms. The third-order valence-corrected chi connectivity index (χ3v) is 3.30. The Bertz CT molecular complexity index is 696. The van der Waals surface area contributed by atoms with Gasteiger partial charge in [-0.2, -0.15) is 0 Å². The Morgan fingerprint density at radius 1 is 1.14 bits per heavy atom.